The van der Waals surface area contributed by atoms with E-state index in [-0.39, 0.29) is 17.3 Å². The number of hydrogen-bond donors (Lipinski definition) is 2. The molecule has 0 aliphatic rings. The standard InChI is InChI=1S/C20H21N3O5S/c1-13-4-8-17(27-13)12-21-29(25,26)18-9-5-16(6-10-18)7-11-19-20(22-15(3)24)14(2)23-28-19/h4-11,21H,12H2,1-3H3,(H,22,24)/b11-7-. The van der Waals surface area contributed by atoms with Gasteiger partial charge in [-0.2, -0.15) is 0 Å². The molecule has 1 aromatic carbocycles. The lowest BCUT2D eigenvalue weighted by atomic mass is 10.2. The summed E-state index contributed by atoms with van der Waals surface area (Å²) in [7, 11) is -3.66. The van der Waals surface area contributed by atoms with Crippen molar-refractivity contribution in [3.8, 4) is 0 Å². The van der Waals surface area contributed by atoms with Crippen LogP contribution in [0.5, 0.6) is 0 Å². The maximum atomic E-state index is 12.4. The number of anilines is 1. The predicted molar refractivity (Wildman–Crippen MR) is 108 cm³/mol. The zero-order chi connectivity index (χ0) is 21.0. The fourth-order valence-corrected chi connectivity index (χ4v) is 3.58. The van der Waals surface area contributed by atoms with Crippen molar-refractivity contribution in [2.24, 2.45) is 0 Å². The van der Waals surface area contributed by atoms with Crippen LogP contribution in [0, 0.1) is 13.8 Å². The molecular weight excluding hydrogens is 394 g/mol. The maximum absolute atomic E-state index is 12.4. The number of nitrogens with one attached hydrogen (secondary N) is 2. The van der Waals surface area contributed by atoms with Gasteiger partial charge in [-0.1, -0.05) is 23.4 Å². The third-order valence-corrected chi connectivity index (χ3v) is 5.46. The molecule has 2 aromatic heterocycles. The normalized spacial score (nSPS) is 11.8. The van der Waals surface area contributed by atoms with E-state index >= 15 is 0 Å². The van der Waals surface area contributed by atoms with E-state index in [0.29, 0.717) is 22.9 Å². The van der Waals surface area contributed by atoms with Crippen LogP contribution >= 0.6 is 0 Å². The number of aryl methyl sites for hydroxylation is 2. The van der Waals surface area contributed by atoms with Crippen LogP contribution in [0.15, 0.2) is 50.2 Å². The van der Waals surface area contributed by atoms with Crippen molar-refractivity contribution in [1.29, 1.82) is 0 Å². The van der Waals surface area contributed by atoms with E-state index in [0.717, 1.165) is 11.3 Å². The van der Waals surface area contributed by atoms with E-state index in [2.05, 4.69) is 15.2 Å². The summed E-state index contributed by atoms with van der Waals surface area (Å²) in [5, 5.41) is 6.51. The lowest BCUT2D eigenvalue weighted by molar-refractivity contribution is -0.114. The monoisotopic (exact) mass is 415 g/mol. The number of aromatic nitrogens is 1. The highest BCUT2D eigenvalue weighted by atomic mass is 32.2. The summed E-state index contributed by atoms with van der Waals surface area (Å²) < 4.78 is 37.9. The number of rotatable bonds is 7. The smallest absolute Gasteiger partial charge is 0.240 e. The maximum Gasteiger partial charge on any atom is 0.240 e. The molecule has 152 valence electrons. The number of hydrogen-bond acceptors (Lipinski definition) is 6. The van der Waals surface area contributed by atoms with Crippen LogP contribution in [0.4, 0.5) is 5.69 Å². The van der Waals surface area contributed by atoms with Gasteiger partial charge >= 0.3 is 0 Å². The molecule has 8 nitrogen and oxygen atoms in total. The third kappa shape index (κ3) is 5.21. The highest BCUT2D eigenvalue weighted by molar-refractivity contribution is 7.89. The molecule has 2 heterocycles. The Balaban J connectivity index is 1.70. The number of carbonyl (C=O) groups excluding carboxylic acids is 1. The van der Waals surface area contributed by atoms with E-state index in [4.69, 9.17) is 8.94 Å². The highest BCUT2D eigenvalue weighted by Crippen LogP contribution is 2.23. The Morgan fingerprint density at radius 2 is 1.83 bits per heavy atom. The summed E-state index contributed by atoms with van der Waals surface area (Å²) in [6.07, 6.45) is 3.40. The predicted octanol–water partition coefficient (Wildman–Crippen LogP) is 3.49. The molecule has 3 aromatic rings. The zero-order valence-electron chi connectivity index (χ0n) is 16.2. The Kier molecular flexibility index (Phi) is 6.00. The van der Waals surface area contributed by atoms with Crippen LogP contribution in [0.2, 0.25) is 0 Å². The Hall–Kier alpha value is -3.17. The summed E-state index contributed by atoms with van der Waals surface area (Å²) in [4.78, 5) is 11.4. The average molecular weight is 415 g/mol. The summed E-state index contributed by atoms with van der Waals surface area (Å²) in [5.41, 5.74) is 1.83. The number of nitrogens with zero attached hydrogens (tertiary/aromatic N) is 1. The van der Waals surface area contributed by atoms with E-state index in [1.807, 2.05) is 0 Å². The highest BCUT2D eigenvalue weighted by Gasteiger charge is 2.15. The average Bonchev–Trinajstić information content (AvgIpc) is 3.24. The molecule has 0 spiro atoms. The van der Waals surface area contributed by atoms with Gasteiger partial charge in [0.2, 0.25) is 15.9 Å². The number of sulfonamides is 1. The molecule has 0 bridgehead atoms. The van der Waals surface area contributed by atoms with Crippen molar-refractivity contribution < 1.29 is 22.2 Å². The topological polar surface area (TPSA) is 114 Å². The minimum Gasteiger partial charge on any atom is -0.465 e. The fourth-order valence-electron chi connectivity index (χ4n) is 2.59. The number of furan rings is 1. The van der Waals surface area contributed by atoms with Gasteiger partial charge in [-0.05, 0) is 49.8 Å². The summed E-state index contributed by atoms with van der Waals surface area (Å²) in [6.45, 7) is 5.00. The molecule has 1 amide bonds. The quantitative estimate of drug-likeness (QED) is 0.610. The first kappa shape index (κ1) is 20.6. The lowest BCUT2D eigenvalue weighted by Gasteiger charge is -2.06. The van der Waals surface area contributed by atoms with Crippen molar-refractivity contribution in [1.82, 2.24) is 9.88 Å². The molecule has 0 radical (unpaired) electrons. The van der Waals surface area contributed by atoms with E-state index in [1.165, 1.54) is 19.1 Å². The summed E-state index contributed by atoms with van der Waals surface area (Å²) in [5.74, 6) is 1.45. The first-order valence-corrected chi connectivity index (χ1v) is 10.3. The minimum absolute atomic E-state index is 0.0780. The second kappa shape index (κ2) is 8.46. The molecule has 3 rings (SSSR count). The molecule has 0 aliphatic carbocycles. The molecule has 0 fully saturated rings. The molecule has 0 unspecified atom stereocenters. The van der Waals surface area contributed by atoms with Crippen LogP contribution in [-0.4, -0.2) is 19.5 Å². The van der Waals surface area contributed by atoms with Gasteiger partial charge in [-0.25, -0.2) is 13.1 Å². The second-order valence-corrected chi connectivity index (χ2v) is 8.19. The Labute approximate surface area is 168 Å². The molecule has 2 N–H and O–H groups in total. The molecule has 9 heteroatoms. The molecule has 29 heavy (non-hydrogen) atoms. The number of amides is 1. The van der Waals surface area contributed by atoms with Crippen LogP contribution in [0.1, 0.15) is 35.5 Å². The van der Waals surface area contributed by atoms with E-state index < -0.39 is 10.0 Å². The summed E-state index contributed by atoms with van der Waals surface area (Å²) >= 11 is 0. The second-order valence-electron chi connectivity index (χ2n) is 6.43. The SMILES string of the molecule is CC(=O)Nc1c(C)noc1/C=C\c1ccc(S(=O)(=O)NCc2ccc(C)o2)cc1. The van der Waals surface area contributed by atoms with Gasteiger partial charge in [0, 0.05) is 6.92 Å². The van der Waals surface area contributed by atoms with Crippen molar-refractivity contribution in [2.75, 3.05) is 5.32 Å². The van der Waals surface area contributed by atoms with E-state index in [9.17, 15) is 13.2 Å². The van der Waals surface area contributed by atoms with Crippen LogP contribution < -0.4 is 10.0 Å². The number of benzene rings is 1. The molecule has 0 saturated heterocycles. The Morgan fingerprint density at radius 1 is 1.10 bits per heavy atom. The van der Waals surface area contributed by atoms with Gasteiger partial charge in [0.25, 0.3) is 0 Å². The first-order valence-electron chi connectivity index (χ1n) is 8.81. The van der Waals surface area contributed by atoms with Gasteiger partial charge in [0.05, 0.1) is 11.4 Å². The zero-order valence-corrected chi connectivity index (χ0v) is 17.0. The van der Waals surface area contributed by atoms with Gasteiger partial charge in [-0.15, -0.1) is 0 Å². The Morgan fingerprint density at radius 3 is 2.45 bits per heavy atom. The Bertz CT molecular complexity index is 1140. The molecule has 0 aliphatic heterocycles. The van der Waals surface area contributed by atoms with E-state index in [1.54, 1.807) is 50.3 Å². The van der Waals surface area contributed by atoms with Crippen LogP contribution in [-0.2, 0) is 21.4 Å². The van der Waals surface area contributed by atoms with Gasteiger partial charge < -0.3 is 14.3 Å². The fraction of sp³-hybridized carbons (Fsp3) is 0.200. The van der Waals surface area contributed by atoms with Crippen molar-refractivity contribution in [3.05, 3.63) is 64.9 Å². The van der Waals surface area contributed by atoms with Gasteiger partial charge in [-0.3, -0.25) is 4.79 Å². The minimum atomic E-state index is -3.66. The van der Waals surface area contributed by atoms with Crippen LogP contribution in [0.3, 0.4) is 0 Å². The molecule has 0 atom stereocenters. The van der Waals surface area contributed by atoms with Crippen molar-refractivity contribution in [2.45, 2.75) is 32.2 Å². The lowest BCUT2D eigenvalue weighted by Crippen LogP contribution is -2.22. The number of carbonyl (C=O) groups is 1. The third-order valence-electron chi connectivity index (χ3n) is 4.04. The molecular formula is C20H21N3O5S. The largest absolute Gasteiger partial charge is 0.465 e. The summed E-state index contributed by atoms with van der Waals surface area (Å²) in [6, 6.07) is 9.86. The first-order chi connectivity index (χ1) is 13.7. The van der Waals surface area contributed by atoms with Crippen molar-refractivity contribution >= 4 is 33.8 Å². The molecule has 0 saturated carbocycles. The van der Waals surface area contributed by atoms with Gasteiger partial charge in [0.1, 0.15) is 22.9 Å². The van der Waals surface area contributed by atoms with Gasteiger partial charge in [0.15, 0.2) is 5.76 Å². The van der Waals surface area contributed by atoms with Crippen LogP contribution in [0.25, 0.3) is 12.2 Å². The van der Waals surface area contributed by atoms with Crippen molar-refractivity contribution in [3.63, 3.8) is 0 Å².